The molecule has 4 aromatic rings. The van der Waals surface area contributed by atoms with Gasteiger partial charge in [0.05, 0.1) is 6.54 Å². The number of para-hydroxylation sites is 1. The van der Waals surface area contributed by atoms with Crippen LogP contribution < -0.4 is 16.6 Å². The molecule has 3 heterocycles. The molecule has 0 aliphatic rings. The largest absolute Gasteiger partial charge is 0.378 e. The molecule has 3 aromatic heterocycles. The van der Waals surface area contributed by atoms with Crippen LogP contribution in [0.3, 0.4) is 0 Å². The highest BCUT2D eigenvalue weighted by Crippen LogP contribution is 2.25. The summed E-state index contributed by atoms with van der Waals surface area (Å²) in [7, 11) is 3.01. The van der Waals surface area contributed by atoms with Crippen molar-refractivity contribution in [3.63, 3.8) is 0 Å². The van der Waals surface area contributed by atoms with Crippen LogP contribution in [0.2, 0.25) is 0 Å². The maximum atomic E-state index is 12.4. The van der Waals surface area contributed by atoms with Gasteiger partial charge in [0.15, 0.2) is 27.3 Å². The summed E-state index contributed by atoms with van der Waals surface area (Å²) in [4.78, 5) is 31.9. The number of anilines is 1. The predicted molar refractivity (Wildman–Crippen MR) is 115 cm³/mol. The van der Waals surface area contributed by atoms with Gasteiger partial charge >= 0.3 is 5.69 Å². The van der Waals surface area contributed by atoms with E-state index in [0.29, 0.717) is 29.0 Å². The van der Waals surface area contributed by atoms with Gasteiger partial charge in [-0.2, -0.15) is 0 Å². The lowest BCUT2D eigenvalue weighted by atomic mass is 10.3. The molecular formula is C19H20N8O2S. The second-order valence-electron chi connectivity index (χ2n) is 6.57. The first-order valence-corrected chi connectivity index (χ1v) is 9.96. The highest BCUT2D eigenvalue weighted by Gasteiger charge is 2.18. The van der Waals surface area contributed by atoms with E-state index in [4.69, 9.17) is 0 Å². The number of aryl methyl sites for hydroxylation is 1. The molecule has 4 rings (SSSR count). The fourth-order valence-corrected chi connectivity index (χ4v) is 3.84. The maximum absolute atomic E-state index is 12.4. The van der Waals surface area contributed by atoms with Gasteiger partial charge in [0, 0.05) is 26.3 Å². The van der Waals surface area contributed by atoms with Gasteiger partial charge in [-0.1, -0.05) is 24.3 Å². The first-order chi connectivity index (χ1) is 14.5. The topological polar surface area (TPSA) is 115 Å². The minimum atomic E-state index is -0.431. The van der Waals surface area contributed by atoms with Gasteiger partial charge in [-0.25, -0.2) is 9.78 Å². The van der Waals surface area contributed by atoms with Crippen LogP contribution >= 0.6 is 11.8 Å². The normalized spacial score (nSPS) is 11.1. The Morgan fingerprint density at radius 1 is 1.17 bits per heavy atom. The Hall–Kier alpha value is -3.60. The zero-order chi connectivity index (χ0) is 21.3. The fraction of sp³-hybridized carbons (Fsp3) is 0.211. The fourth-order valence-electron chi connectivity index (χ4n) is 3.01. The SMILES string of the molecule is C=CCn1c(CNc2ccccc2)nnc1Sc1nc2c([nH]1)c(=O)n(C)c(=O)n2C. The molecule has 0 unspecified atom stereocenters. The van der Waals surface area contributed by atoms with E-state index < -0.39 is 11.2 Å². The molecule has 0 aliphatic carbocycles. The first kappa shape index (κ1) is 19.7. The van der Waals surface area contributed by atoms with E-state index in [1.165, 1.54) is 23.4 Å². The minimum absolute atomic E-state index is 0.267. The van der Waals surface area contributed by atoms with Gasteiger partial charge < -0.3 is 14.9 Å². The summed E-state index contributed by atoms with van der Waals surface area (Å²) in [6.45, 7) is 4.81. The van der Waals surface area contributed by atoms with Gasteiger partial charge in [0.2, 0.25) is 0 Å². The summed E-state index contributed by atoms with van der Waals surface area (Å²) in [5.74, 6) is 0.737. The quantitative estimate of drug-likeness (QED) is 0.432. The zero-order valence-corrected chi connectivity index (χ0v) is 17.3. The third-order valence-corrected chi connectivity index (χ3v) is 5.46. The minimum Gasteiger partial charge on any atom is -0.378 e. The van der Waals surface area contributed by atoms with E-state index in [1.807, 2.05) is 34.9 Å². The van der Waals surface area contributed by atoms with Crippen molar-refractivity contribution < 1.29 is 0 Å². The van der Waals surface area contributed by atoms with E-state index in [9.17, 15) is 9.59 Å². The van der Waals surface area contributed by atoms with E-state index in [2.05, 4.69) is 32.1 Å². The summed E-state index contributed by atoms with van der Waals surface area (Å²) < 4.78 is 4.29. The van der Waals surface area contributed by atoms with E-state index in [1.54, 1.807) is 13.1 Å². The van der Waals surface area contributed by atoms with Gasteiger partial charge in [0.25, 0.3) is 5.56 Å². The van der Waals surface area contributed by atoms with Crippen LogP contribution in [0.15, 0.2) is 62.9 Å². The molecule has 0 bridgehead atoms. The Morgan fingerprint density at radius 2 is 1.93 bits per heavy atom. The average molecular weight is 424 g/mol. The van der Waals surface area contributed by atoms with Crippen LogP contribution in [0.4, 0.5) is 5.69 Å². The lowest BCUT2D eigenvalue weighted by Gasteiger charge is -2.08. The van der Waals surface area contributed by atoms with Crippen molar-refractivity contribution in [3.8, 4) is 0 Å². The van der Waals surface area contributed by atoms with Crippen molar-refractivity contribution in [3.05, 3.63) is 69.6 Å². The number of allylic oxidation sites excluding steroid dienone is 1. The van der Waals surface area contributed by atoms with E-state index >= 15 is 0 Å². The number of nitrogens with one attached hydrogen (secondary N) is 2. The summed E-state index contributed by atoms with van der Waals surface area (Å²) in [5.41, 5.74) is 0.690. The summed E-state index contributed by atoms with van der Waals surface area (Å²) >= 11 is 1.24. The first-order valence-electron chi connectivity index (χ1n) is 9.15. The van der Waals surface area contributed by atoms with Crippen LogP contribution in [-0.2, 0) is 27.2 Å². The standard InChI is InChI=1S/C19H20N8O2S/c1-4-10-27-13(11-20-12-8-6-5-7-9-12)23-24-18(27)30-17-21-14-15(22-17)25(2)19(29)26(3)16(14)28/h4-9,20H,1,10-11H2,2-3H3,(H,21,22). The zero-order valence-electron chi connectivity index (χ0n) is 16.5. The number of nitrogens with zero attached hydrogens (tertiary/aromatic N) is 6. The van der Waals surface area contributed by atoms with Crippen LogP contribution in [-0.4, -0.2) is 33.9 Å². The number of imidazole rings is 1. The van der Waals surface area contributed by atoms with Crippen molar-refractivity contribution >= 4 is 28.6 Å². The lowest BCUT2D eigenvalue weighted by molar-refractivity contribution is 0.686. The summed E-state index contributed by atoms with van der Waals surface area (Å²) in [5, 5.41) is 12.9. The van der Waals surface area contributed by atoms with Gasteiger partial charge in [-0.15, -0.1) is 16.8 Å². The number of hydrogen-bond donors (Lipinski definition) is 2. The molecule has 0 amide bonds. The number of hydrogen-bond acceptors (Lipinski definition) is 7. The highest BCUT2D eigenvalue weighted by molar-refractivity contribution is 7.99. The Balaban J connectivity index is 1.64. The van der Waals surface area contributed by atoms with Gasteiger partial charge in [-0.05, 0) is 23.9 Å². The smallest absolute Gasteiger partial charge is 0.332 e. The Bertz CT molecular complexity index is 1330. The highest BCUT2D eigenvalue weighted by atomic mass is 32.2. The van der Waals surface area contributed by atoms with Crippen molar-refractivity contribution in [1.29, 1.82) is 0 Å². The molecule has 0 spiro atoms. The molecule has 154 valence electrons. The number of aromatic amines is 1. The third-order valence-electron chi connectivity index (χ3n) is 4.59. The summed E-state index contributed by atoms with van der Waals surface area (Å²) in [6, 6.07) is 9.82. The molecule has 0 atom stereocenters. The van der Waals surface area contributed by atoms with Crippen LogP contribution in [0.1, 0.15) is 5.82 Å². The molecule has 0 saturated heterocycles. The molecule has 11 heteroatoms. The average Bonchev–Trinajstić information content (AvgIpc) is 3.35. The third kappa shape index (κ3) is 3.54. The Morgan fingerprint density at radius 3 is 2.67 bits per heavy atom. The molecule has 2 N–H and O–H groups in total. The Kier molecular flexibility index (Phi) is 5.27. The molecule has 1 aromatic carbocycles. The van der Waals surface area contributed by atoms with Crippen LogP contribution in [0, 0.1) is 0 Å². The van der Waals surface area contributed by atoms with Crippen molar-refractivity contribution in [2.75, 3.05) is 5.32 Å². The second kappa shape index (κ2) is 8.03. The predicted octanol–water partition coefficient (Wildman–Crippen LogP) is 1.50. The van der Waals surface area contributed by atoms with Gasteiger partial charge in [0.1, 0.15) is 0 Å². The van der Waals surface area contributed by atoms with E-state index in [0.717, 1.165) is 16.1 Å². The molecule has 0 saturated carbocycles. The molecule has 30 heavy (non-hydrogen) atoms. The molecule has 0 fully saturated rings. The van der Waals surface area contributed by atoms with Crippen LogP contribution in [0.25, 0.3) is 11.2 Å². The molecule has 10 nitrogen and oxygen atoms in total. The monoisotopic (exact) mass is 424 g/mol. The van der Waals surface area contributed by atoms with Crippen LogP contribution in [0.5, 0.6) is 0 Å². The lowest BCUT2D eigenvalue weighted by Crippen LogP contribution is -2.36. The number of fused-ring (bicyclic) bond motifs is 1. The number of benzene rings is 1. The maximum Gasteiger partial charge on any atom is 0.332 e. The molecule has 0 aliphatic heterocycles. The second-order valence-corrected chi connectivity index (χ2v) is 7.52. The van der Waals surface area contributed by atoms with E-state index in [-0.39, 0.29) is 5.52 Å². The number of aromatic nitrogens is 7. The molecular weight excluding hydrogens is 404 g/mol. The van der Waals surface area contributed by atoms with Gasteiger partial charge in [-0.3, -0.25) is 13.9 Å². The Labute approximate surface area is 175 Å². The van der Waals surface area contributed by atoms with Crippen molar-refractivity contribution in [2.45, 2.75) is 23.4 Å². The number of rotatable bonds is 7. The molecule has 0 radical (unpaired) electrons. The number of H-pyrrole nitrogens is 1. The van der Waals surface area contributed by atoms with Crippen molar-refractivity contribution in [1.82, 2.24) is 33.9 Å². The van der Waals surface area contributed by atoms with Crippen molar-refractivity contribution in [2.24, 2.45) is 14.1 Å². The summed E-state index contributed by atoms with van der Waals surface area (Å²) in [6.07, 6.45) is 1.76.